The van der Waals surface area contributed by atoms with Gasteiger partial charge < -0.3 is 4.90 Å². The second-order valence-electron chi connectivity index (χ2n) is 4.37. The van der Waals surface area contributed by atoms with Gasteiger partial charge in [0.25, 0.3) is 0 Å². The van der Waals surface area contributed by atoms with Crippen molar-refractivity contribution in [2.75, 3.05) is 7.05 Å². The molecule has 0 saturated heterocycles. The average Bonchev–Trinajstić information content (AvgIpc) is 2.33. The molecule has 0 aromatic rings. The number of hydrogen-bond acceptors (Lipinski definition) is 2. The first kappa shape index (κ1) is 16.2. The fourth-order valence-corrected chi connectivity index (χ4v) is 1.36. The van der Waals surface area contributed by atoms with Gasteiger partial charge in [0.15, 0.2) is 0 Å². The van der Waals surface area contributed by atoms with Crippen molar-refractivity contribution < 1.29 is 0 Å². The van der Waals surface area contributed by atoms with E-state index in [0.717, 1.165) is 28.1 Å². The Labute approximate surface area is 111 Å². The van der Waals surface area contributed by atoms with Crippen LogP contribution < -0.4 is 0 Å². The zero-order chi connectivity index (χ0) is 14.3. The van der Waals surface area contributed by atoms with Gasteiger partial charge in [0, 0.05) is 19.0 Å². The first-order chi connectivity index (χ1) is 8.33. The van der Waals surface area contributed by atoms with Crippen molar-refractivity contribution in [1.82, 2.24) is 4.90 Å². The molecule has 0 aromatic carbocycles. The maximum atomic E-state index is 4.54. The van der Waals surface area contributed by atoms with Gasteiger partial charge in [-0.2, -0.15) is 0 Å². The summed E-state index contributed by atoms with van der Waals surface area (Å²) in [4.78, 5) is 6.46. The van der Waals surface area contributed by atoms with Crippen molar-refractivity contribution in [3.05, 3.63) is 60.6 Å². The van der Waals surface area contributed by atoms with Crippen LogP contribution in [-0.4, -0.2) is 17.7 Å². The number of nitrogens with zero attached hydrogens (tertiary/aromatic N) is 2. The van der Waals surface area contributed by atoms with E-state index in [9.17, 15) is 0 Å². The van der Waals surface area contributed by atoms with E-state index in [1.54, 1.807) is 12.3 Å². The van der Waals surface area contributed by atoms with Gasteiger partial charge in [-0.3, -0.25) is 4.99 Å². The minimum atomic E-state index is 0.886. The summed E-state index contributed by atoms with van der Waals surface area (Å²) in [5.41, 5.74) is 4.99. The molecule has 0 aromatic heterocycles. The summed E-state index contributed by atoms with van der Waals surface area (Å²) in [6.07, 6.45) is 5.52. The molecule has 0 N–H and O–H groups in total. The molecule has 0 spiro atoms. The van der Waals surface area contributed by atoms with Gasteiger partial charge in [-0.1, -0.05) is 19.7 Å². The molecule has 0 bridgehead atoms. The highest BCUT2D eigenvalue weighted by molar-refractivity contribution is 5.93. The summed E-state index contributed by atoms with van der Waals surface area (Å²) >= 11 is 0. The fourth-order valence-electron chi connectivity index (χ4n) is 1.36. The summed E-state index contributed by atoms with van der Waals surface area (Å²) < 4.78 is 0. The quantitative estimate of drug-likeness (QED) is 0.497. The van der Waals surface area contributed by atoms with Gasteiger partial charge in [0.2, 0.25) is 0 Å². The van der Waals surface area contributed by atoms with E-state index in [1.165, 1.54) is 0 Å². The zero-order valence-electron chi connectivity index (χ0n) is 12.2. The van der Waals surface area contributed by atoms with Crippen molar-refractivity contribution >= 4 is 5.71 Å². The molecule has 18 heavy (non-hydrogen) atoms. The second-order valence-corrected chi connectivity index (χ2v) is 4.37. The Bertz CT molecular complexity index is 434. The predicted octanol–water partition coefficient (Wildman–Crippen LogP) is 4.46. The molecule has 0 atom stereocenters. The first-order valence-electron chi connectivity index (χ1n) is 5.91. The third-order valence-corrected chi connectivity index (χ3v) is 2.62. The van der Waals surface area contributed by atoms with E-state index in [4.69, 9.17) is 0 Å². The van der Waals surface area contributed by atoms with Crippen LogP contribution in [0.1, 0.15) is 27.7 Å². The van der Waals surface area contributed by atoms with Crippen LogP contribution in [0, 0.1) is 0 Å². The lowest BCUT2D eigenvalue weighted by atomic mass is 10.0. The minimum absolute atomic E-state index is 0.886. The van der Waals surface area contributed by atoms with Gasteiger partial charge in [0.1, 0.15) is 0 Å². The fraction of sp³-hybridized carbons (Fsp3) is 0.312. The van der Waals surface area contributed by atoms with Crippen LogP contribution in [0.5, 0.6) is 0 Å². The molecule has 0 heterocycles. The lowest BCUT2D eigenvalue weighted by Crippen LogP contribution is -2.02. The van der Waals surface area contributed by atoms with Gasteiger partial charge in [-0.25, -0.2) is 0 Å². The van der Waals surface area contributed by atoms with Crippen LogP contribution in [0.3, 0.4) is 0 Å². The molecule has 0 fully saturated rings. The van der Waals surface area contributed by atoms with E-state index in [-0.39, 0.29) is 0 Å². The van der Waals surface area contributed by atoms with E-state index in [2.05, 4.69) is 31.7 Å². The molecule has 0 saturated carbocycles. The summed E-state index contributed by atoms with van der Waals surface area (Å²) in [5, 5.41) is 0. The third kappa shape index (κ3) is 5.00. The predicted molar refractivity (Wildman–Crippen MR) is 82.5 cm³/mol. The molecule has 0 amide bonds. The van der Waals surface area contributed by atoms with Crippen LogP contribution in [0.2, 0.25) is 0 Å². The van der Waals surface area contributed by atoms with Crippen LogP contribution in [0.15, 0.2) is 65.6 Å². The zero-order valence-corrected chi connectivity index (χ0v) is 12.2. The van der Waals surface area contributed by atoms with Crippen LogP contribution in [-0.2, 0) is 0 Å². The highest BCUT2D eigenvalue weighted by atomic mass is 15.0. The molecular weight excluding hydrogens is 220 g/mol. The topological polar surface area (TPSA) is 15.6 Å². The largest absolute Gasteiger partial charge is 0.358 e. The Kier molecular flexibility index (Phi) is 6.73. The second kappa shape index (κ2) is 7.49. The highest BCUT2D eigenvalue weighted by Crippen LogP contribution is 2.21. The highest BCUT2D eigenvalue weighted by Gasteiger charge is 2.05. The molecule has 2 nitrogen and oxygen atoms in total. The molecule has 0 unspecified atom stereocenters. The normalized spacial score (nSPS) is 13.8. The maximum absolute atomic E-state index is 4.54. The Morgan fingerprint density at radius 3 is 2.06 bits per heavy atom. The van der Waals surface area contributed by atoms with Crippen molar-refractivity contribution in [1.29, 1.82) is 0 Å². The third-order valence-electron chi connectivity index (χ3n) is 2.62. The van der Waals surface area contributed by atoms with Crippen LogP contribution in [0.4, 0.5) is 0 Å². The molecule has 2 heteroatoms. The van der Waals surface area contributed by atoms with Gasteiger partial charge >= 0.3 is 0 Å². The van der Waals surface area contributed by atoms with Crippen molar-refractivity contribution in [2.45, 2.75) is 27.7 Å². The monoisotopic (exact) mass is 244 g/mol. The van der Waals surface area contributed by atoms with E-state index < -0.39 is 0 Å². The summed E-state index contributed by atoms with van der Waals surface area (Å²) in [7, 11) is 1.95. The molecule has 98 valence electrons. The average molecular weight is 244 g/mol. The summed E-state index contributed by atoms with van der Waals surface area (Å²) in [6, 6.07) is 0. The van der Waals surface area contributed by atoms with Crippen molar-refractivity contribution in [3.63, 3.8) is 0 Å². The summed E-state index contributed by atoms with van der Waals surface area (Å²) in [5.74, 6) is 0. The standard InChI is InChI=1S/C16H24N2/c1-9-14(6)17-16(12(3)4)15(7)13(5)11-18(8)10-2/h9-11H,1-3H2,4-8H3/b13-11+,16-15+,17-14?. The van der Waals surface area contributed by atoms with E-state index in [1.807, 2.05) is 38.9 Å². The van der Waals surface area contributed by atoms with Crippen LogP contribution in [0.25, 0.3) is 0 Å². The van der Waals surface area contributed by atoms with Gasteiger partial charge in [-0.15, -0.1) is 0 Å². The molecule has 0 rings (SSSR count). The van der Waals surface area contributed by atoms with Crippen LogP contribution >= 0.6 is 0 Å². The number of aliphatic imine (C=N–C) groups is 1. The molecule has 0 aliphatic heterocycles. The summed E-state index contributed by atoms with van der Waals surface area (Å²) in [6.45, 7) is 19.4. The SMILES string of the molecule is C=CC(C)=N/C(C(=C)C)=C(C)/C(C)=C/N(C)C=C. The van der Waals surface area contributed by atoms with Gasteiger partial charge in [0.05, 0.1) is 5.70 Å². The van der Waals surface area contributed by atoms with E-state index in [0.29, 0.717) is 0 Å². The Morgan fingerprint density at radius 2 is 1.67 bits per heavy atom. The Hall–Kier alpha value is -1.83. The van der Waals surface area contributed by atoms with Gasteiger partial charge in [-0.05, 0) is 56.7 Å². The van der Waals surface area contributed by atoms with Crippen molar-refractivity contribution in [3.8, 4) is 0 Å². The van der Waals surface area contributed by atoms with Crippen molar-refractivity contribution in [2.24, 2.45) is 4.99 Å². The molecular formula is C16H24N2. The maximum Gasteiger partial charge on any atom is 0.0688 e. The minimum Gasteiger partial charge on any atom is -0.358 e. The molecule has 0 aliphatic rings. The Morgan fingerprint density at radius 1 is 1.11 bits per heavy atom. The lowest BCUT2D eigenvalue weighted by molar-refractivity contribution is 0.622. The molecule has 0 aliphatic carbocycles. The first-order valence-corrected chi connectivity index (χ1v) is 5.91. The number of hydrogen-bond donors (Lipinski definition) is 0. The lowest BCUT2D eigenvalue weighted by Gasteiger charge is -2.13. The molecule has 0 radical (unpaired) electrons. The van der Waals surface area contributed by atoms with E-state index >= 15 is 0 Å². The number of allylic oxidation sites excluding steroid dienone is 4. The smallest absolute Gasteiger partial charge is 0.0688 e. The Balaban J connectivity index is 5.62. The number of rotatable bonds is 6.